The first-order valence-corrected chi connectivity index (χ1v) is 9.71. The molecule has 0 heterocycles. The van der Waals surface area contributed by atoms with Crippen molar-refractivity contribution in [1.29, 1.82) is 0 Å². The second kappa shape index (κ2) is 8.16. The fourth-order valence-corrected chi connectivity index (χ4v) is 3.27. The Bertz CT molecular complexity index is 1060. The standard InChI is InChI=1S/C20H14ClNO4S/c21-17-11-13-18(14-12-17)27(24,25)22-19(15-7-3-1-4-8-15)26-20(23)16-9-5-2-6-10-16/h1-14H. The third-order valence-corrected chi connectivity index (χ3v) is 5.06. The molecule has 0 fully saturated rings. The number of nitrogens with zero attached hydrogens (tertiary/aromatic N) is 1. The summed E-state index contributed by atoms with van der Waals surface area (Å²) in [5.41, 5.74) is 0.643. The molecule has 5 nitrogen and oxygen atoms in total. The van der Waals surface area contributed by atoms with E-state index in [0.717, 1.165) is 0 Å². The van der Waals surface area contributed by atoms with E-state index >= 15 is 0 Å². The molecule has 0 saturated carbocycles. The van der Waals surface area contributed by atoms with Crippen LogP contribution in [0.3, 0.4) is 0 Å². The maximum Gasteiger partial charge on any atom is 0.344 e. The van der Waals surface area contributed by atoms with E-state index < -0.39 is 16.0 Å². The van der Waals surface area contributed by atoms with Crippen LogP contribution in [0.1, 0.15) is 15.9 Å². The Hall–Kier alpha value is -2.96. The second-order valence-corrected chi connectivity index (χ2v) is 7.49. The number of esters is 1. The fraction of sp³-hybridized carbons (Fsp3) is 0. The van der Waals surface area contributed by atoms with E-state index in [2.05, 4.69) is 4.40 Å². The van der Waals surface area contributed by atoms with Crippen LogP contribution in [0.2, 0.25) is 5.02 Å². The lowest BCUT2D eigenvalue weighted by molar-refractivity contribution is 0.0718. The largest absolute Gasteiger partial charge is 0.402 e. The molecule has 0 saturated heterocycles. The molecule has 0 aliphatic carbocycles. The van der Waals surface area contributed by atoms with Gasteiger partial charge in [-0.25, -0.2) is 4.79 Å². The Kier molecular flexibility index (Phi) is 5.69. The van der Waals surface area contributed by atoms with Crippen molar-refractivity contribution in [2.75, 3.05) is 0 Å². The Labute approximate surface area is 162 Å². The van der Waals surface area contributed by atoms with Crippen molar-refractivity contribution in [3.05, 3.63) is 101 Å². The number of carbonyl (C=O) groups is 1. The number of ether oxygens (including phenoxy) is 1. The van der Waals surface area contributed by atoms with E-state index in [0.29, 0.717) is 10.6 Å². The highest BCUT2D eigenvalue weighted by molar-refractivity contribution is 7.90. The minimum atomic E-state index is -4.10. The molecule has 0 amide bonds. The van der Waals surface area contributed by atoms with Gasteiger partial charge in [0, 0.05) is 10.6 Å². The van der Waals surface area contributed by atoms with Crippen molar-refractivity contribution in [3.63, 3.8) is 0 Å². The summed E-state index contributed by atoms with van der Waals surface area (Å²) in [5.74, 6) is -1.01. The number of benzene rings is 3. The first-order chi connectivity index (χ1) is 13.0. The zero-order chi connectivity index (χ0) is 19.3. The number of hydrogen-bond acceptors (Lipinski definition) is 4. The number of halogens is 1. The highest BCUT2D eigenvalue weighted by Crippen LogP contribution is 2.18. The van der Waals surface area contributed by atoms with Crippen molar-refractivity contribution >= 4 is 33.5 Å². The molecule has 0 radical (unpaired) electrons. The monoisotopic (exact) mass is 399 g/mol. The van der Waals surface area contributed by atoms with Crippen LogP contribution in [-0.4, -0.2) is 20.3 Å². The van der Waals surface area contributed by atoms with Gasteiger partial charge in [0.05, 0.1) is 10.5 Å². The van der Waals surface area contributed by atoms with Gasteiger partial charge < -0.3 is 4.74 Å². The zero-order valence-corrected chi connectivity index (χ0v) is 15.5. The van der Waals surface area contributed by atoms with Gasteiger partial charge in [-0.2, -0.15) is 8.42 Å². The summed E-state index contributed by atoms with van der Waals surface area (Å²) < 4.78 is 34.3. The molecule has 0 unspecified atom stereocenters. The van der Waals surface area contributed by atoms with Gasteiger partial charge in [0.25, 0.3) is 10.0 Å². The Morgan fingerprint density at radius 3 is 1.85 bits per heavy atom. The van der Waals surface area contributed by atoms with Crippen LogP contribution >= 0.6 is 11.6 Å². The van der Waals surface area contributed by atoms with E-state index in [1.165, 1.54) is 24.3 Å². The first kappa shape index (κ1) is 18.8. The van der Waals surface area contributed by atoms with E-state index in [9.17, 15) is 13.2 Å². The number of hydrogen-bond donors (Lipinski definition) is 0. The first-order valence-electron chi connectivity index (χ1n) is 7.89. The highest BCUT2D eigenvalue weighted by Gasteiger charge is 2.19. The molecule has 3 rings (SSSR count). The number of rotatable bonds is 4. The topological polar surface area (TPSA) is 72.8 Å². The lowest BCUT2D eigenvalue weighted by atomic mass is 10.2. The molecule has 0 aliphatic rings. The van der Waals surface area contributed by atoms with Crippen LogP contribution in [0.5, 0.6) is 0 Å². The molecule has 0 spiro atoms. The fourth-order valence-electron chi connectivity index (χ4n) is 2.20. The summed E-state index contributed by atoms with van der Waals surface area (Å²) in [4.78, 5) is 12.3. The molecule has 7 heteroatoms. The van der Waals surface area contributed by atoms with E-state index in [-0.39, 0.29) is 16.4 Å². The SMILES string of the molecule is O=C(OC(=NS(=O)(=O)c1ccc(Cl)cc1)c1ccccc1)c1ccccc1. The van der Waals surface area contributed by atoms with E-state index in [1.807, 2.05) is 0 Å². The Balaban J connectivity index is 2.01. The van der Waals surface area contributed by atoms with Crippen molar-refractivity contribution < 1.29 is 17.9 Å². The van der Waals surface area contributed by atoms with Crippen LogP contribution in [0.4, 0.5) is 0 Å². The van der Waals surface area contributed by atoms with Crippen molar-refractivity contribution in [1.82, 2.24) is 0 Å². The highest BCUT2D eigenvalue weighted by atomic mass is 35.5. The number of carbonyl (C=O) groups excluding carboxylic acids is 1. The molecule has 0 atom stereocenters. The smallest absolute Gasteiger partial charge is 0.344 e. The molecule has 136 valence electrons. The quantitative estimate of drug-likeness (QED) is 0.372. The average Bonchev–Trinajstić information content (AvgIpc) is 2.69. The van der Waals surface area contributed by atoms with Gasteiger partial charge in [-0.05, 0) is 48.5 Å². The maximum atomic E-state index is 12.6. The van der Waals surface area contributed by atoms with Crippen molar-refractivity contribution in [2.45, 2.75) is 4.90 Å². The molecule has 0 aliphatic heterocycles. The van der Waals surface area contributed by atoms with Crippen molar-refractivity contribution in [3.8, 4) is 0 Å². The second-order valence-electron chi connectivity index (χ2n) is 5.45. The lowest BCUT2D eigenvalue weighted by Gasteiger charge is -2.08. The third-order valence-electron chi connectivity index (χ3n) is 3.53. The molecule has 0 N–H and O–H groups in total. The van der Waals surface area contributed by atoms with Gasteiger partial charge in [0.1, 0.15) is 0 Å². The molecule has 0 bridgehead atoms. The van der Waals surface area contributed by atoms with Gasteiger partial charge in [-0.3, -0.25) is 0 Å². The van der Waals surface area contributed by atoms with Gasteiger partial charge in [-0.15, -0.1) is 4.40 Å². The van der Waals surface area contributed by atoms with E-state index in [4.69, 9.17) is 16.3 Å². The summed E-state index contributed by atoms with van der Waals surface area (Å²) >= 11 is 5.80. The summed E-state index contributed by atoms with van der Waals surface area (Å²) in [6.45, 7) is 0. The van der Waals surface area contributed by atoms with E-state index in [1.54, 1.807) is 60.7 Å². The van der Waals surface area contributed by atoms with Gasteiger partial charge in [-0.1, -0.05) is 48.0 Å². The Morgan fingerprint density at radius 2 is 1.30 bits per heavy atom. The summed E-state index contributed by atoms with van der Waals surface area (Å²) in [6.07, 6.45) is 0. The normalized spacial score (nSPS) is 11.8. The van der Waals surface area contributed by atoms with Crippen LogP contribution in [0.15, 0.2) is 94.2 Å². The predicted molar refractivity (Wildman–Crippen MR) is 103 cm³/mol. The van der Waals surface area contributed by atoms with Gasteiger partial charge in [0.2, 0.25) is 5.90 Å². The molecular weight excluding hydrogens is 386 g/mol. The van der Waals surface area contributed by atoms with Crippen molar-refractivity contribution in [2.24, 2.45) is 4.40 Å². The van der Waals surface area contributed by atoms with Crippen LogP contribution < -0.4 is 0 Å². The minimum Gasteiger partial charge on any atom is -0.402 e. The minimum absolute atomic E-state index is 0.0592. The molecular formula is C20H14ClNO4S. The Morgan fingerprint density at radius 1 is 0.778 bits per heavy atom. The average molecular weight is 400 g/mol. The lowest BCUT2D eigenvalue weighted by Crippen LogP contribution is -2.16. The summed E-state index contributed by atoms with van der Waals surface area (Å²) in [5, 5.41) is 0.400. The maximum absolute atomic E-state index is 12.6. The molecule has 27 heavy (non-hydrogen) atoms. The predicted octanol–water partition coefficient (Wildman–Crippen LogP) is 4.33. The number of sulfonamides is 1. The molecule has 3 aromatic carbocycles. The summed E-state index contributed by atoms with van der Waals surface area (Å²) in [6, 6.07) is 22.2. The molecule has 3 aromatic rings. The zero-order valence-electron chi connectivity index (χ0n) is 13.9. The molecule has 0 aromatic heterocycles. The van der Waals surface area contributed by atoms with Gasteiger partial charge >= 0.3 is 5.97 Å². The summed E-state index contributed by atoms with van der Waals surface area (Å²) in [7, 11) is -4.10. The third kappa shape index (κ3) is 4.81. The van der Waals surface area contributed by atoms with Crippen LogP contribution in [0, 0.1) is 0 Å². The van der Waals surface area contributed by atoms with Gasteiger partial charge in [0.15, 0.2) is 0 Å². The van der Waals surface area contributed by atoms with Crippen LogP contribution in [-0.2, 0) is 14.8 Å². The van der Waals surface area contributed by atoms with Crippen LogP contribution in [0.25, 0.3) is 0 Å².